The fourth-order valence-corrected chi connectivity index (χ4v) is 4.58. The highest BCUT2D eigenvalue weighted by Gasteiger charge is 2.29. The average Bonchev–Trinajstić information content (AvgIpc) is 2.73. The molecule has 1 amide bonds. The zero-order chi connectivity index (χ0) is 19.3. The number of carbonyl (C=O) groups excluding carboxylic acids is 1. The minimum absolute atomic E-state index is 0.0830. The zero-order valence-corrected chi connectivity index (χ0v) is 15.5. The molecule has 5 heteroatoms. The zero-order valence-electron chi connectivity index (χ0n) is 15.5. The molecule has 28 heavy (non-hydrogen) atoms. The Hall–Kier alpha value is -3.08. The molecule has 1 aromatic heterocycles. The average molecular weight is 375 g/mol. The molecule has 3 aromatic rings. The van der Waals surface area contributed by atoms with E-state index in [0.29, 0.717) is 18.5 Å². The number of hydrogen-bond acceptors (Lipinski definition) is 4. The topological polar surface area (TPSA) is 70.7 Å². The van der Waals surface area contributed by atoms with Crippen LogP contribution in [-0.4, -0.2) is 17.6 Å². The van der Waals surface area contributed by atoms with Crippen molar-refractivity contribution in [3.63, 3.8) is 0 Å². The van der Waals surface area contributed by atoms with Gasteiger partial charge in [0.25, 0.3) is 5.91 Å². The van der Waals surface area contributed by atoms with Crippen LogP contribution in [0, 0.1) is 0 Å². The molecule has 0 bridgehead atoms. The fourth-order valence-electron chi connectivity index (χ4n) is 4.58. The molecular formula is C23H21NO4. The highest BCUT2D eigenvalue weighted by atomic mass is 16.4. The van der Waals surface area contributed by atoms with Crippen LogP contribution in [-0.2, 0) is 19.3 Å². The summed E-state index contributed by atoms with van der Waals surface area (Å²) in [7, 11) is 0. The molecule has 0 spiro atoms. The van der Waals surface area contributed by atoms with Gasteiger partial charge in [-0.2, -0.15) is 0 Å². The van der Waals surface area contributed by atoms with Crippen molar-refractivity contribution >= 4 is 22.6 Å². The summed E-state index contributed by atoms with van der Waals surface area (Å²) < 4.78 is 5.61. The number of nitrogens with zero attached hydrogens (tertiary/aromatic N) is 1. The van der Waals surface area contributed by atoms with Gasteiger partial charge in [-0.3, -0.25) is 4.79 Å². The summed E-state index contributed by atoms with van der Waals surface area (Å²) in [6, 6.07) is 11.1. The van der Waals surface area contributed by atoms with E-state index in [-0.39, 0.29) is 28.4 Å². The summed E-state index contributed by atoms with van der Waals surface area (Å²) in [6.45, 7) is 0.570. The third-order valence-electron chi connectivity index (χ3n) is 5.94. The van der Waals surface area contributed by atoms with E-state index < -0.39 is 0 Å². The van der Waals surface area contributed by atoms with Gasteiger partial charge >= 0.3 is 5.63 Å². The van der Waals surface area contributed by atoms with E-state index in [1.165, 1.54) is 0 Å². The maximum atomic E-state index is 13.5. The third-order valence-corrected chi connectivity index (χ3v) is 5.94. The van der Waals surface area contributed by atoms with Crippen molar-refractivity contribution in [2.24, 2.45) is 0 Å². The summed E-state index contributed by atoms with van der Waals surface area (Å²) in [5, 5.41) is 11.3. The highest BCUT2D eigenvalue weighted by Crippen LogP contribution is 2.35. The van der Waals surface area contributed by atoms with Gasteiger partial charge in [0.1, 0.15) is 11.3 Å². The number of hydrogen-bond donors (Lipinski definition) is 1. The molecule has 1 N–H and O–H groups in total. The SMILES string of the molecule is O=C(c1c(O)ccc2c3c(c(=O)oc12)CCCC3)N1CCCc2ccccc21. The summed E-state index contributed by atoms with van der Waals surface area (Å²) in [6.07, 6.45) is 5.25. The van der Waals surface area contributed by atoms with E-state index >= 15 is 0 Å². The van der Waals surface area contributed by atoms with Crippen molar-refractivity contribution in [2.75, 3.05) is 11.4 Å². The second-order valence-electron chi connectivity index (χ2n) is 7.58. The summed E-state index contributed by atoms with van der Waals surface area (Å²) in [4.78, 5) is 27.7. The maximum absolute atomic E-state index is 13.5. The van der Waals surface area contributed by atoms with Crippen LogP contribution in [0.1, 0.15) is 46.3 Å². The van der Waals surface area contributed by atoms with Crippen LogP contribution >= 0.6 is 0 Å². The summed E-state index contributed by atoms with van der Waals surface area (Å²) in [5.74, 6) is -0.478. The number of rotatable bonds is 1. The van der Waals surface area contributed by atoms with E-state index in [0.717, 1.165) is 54.3 Å². The van der Waals surface area contributed by atoms with E-state index in [9.17, 15) is 14.7 Å². The van der Waals surface area contributed by atoms with E-state index in [1.54, 1.807) is 17.0 Å². The number of phenols is 1. The first kappa shape index (κ1) is 17.0. The number of aryl methyl sites for hydroxylation is 2. The molecule has 5 rings (SSSR count). The molecule has 2 aliphatic rings. The second-order valence-corrected chi connectivity index (χ2v) is 7.58. The smallest absolute Gasteiger partial charge is 0.339 e. The Morgan fingerprint density at radius 2 is 1.75 bits per heavy atom. The van der Waals surface area contributed by atoms with Crippen LogP contribution in [0.2, 0.25) is 0 Å². The molecule has 142 valence electrons. The number of benzene rings is 2. The second kappa shape index (κ2) is 6.51. The molecular weight excluding hydrogens is 354 g/mol. The molecule has 5 nitrogen and oxygen atoms in total. The van der Waals surface area contributed by atoms with Crippen molar-refractivity contribution in [3.8, 4) is 5.75 Å². The van der Waals surface area contributed by atoms with Crippen molar-refractivity contribution < 1.29 is 14.3 Å². The lowest BCUT2D eigenvalue weighted by Gasteiger charge is -2.30. The molecule has 0 radical (unpaired) electrons. The van der Waals surface area contributed by atoms with Gasteiger partial charge < -0.3 is 14.4 Å². The first-order valence-corrected chi connectivity index (χ1v) is 9.85. The number of para-hydroxylation sites is 1. The summed E-state index contributed by atoms with van der Waals surface area (Å²) >= 11 is 0. The highest BCUT2D eigenvalue weighted by molar-refractivity contribution is 6.15. The van der Waals surface area contributed by atoms with Gasteiger partial charge in [0.15, 0.2) is 5.58 Å². The van der Waals surface area contributed by atoms with Crippen LogP contribution in [0.3, 0.4) is 0 Å². The van der Waals surface area contributed by atoms with Gasteiger partial charge in [-0.05, 0) is 67.9 Å². The lowest BCUT2D eigenvalue weighted by atomic mass is 9.89. The monoisotopic (exact) mass is 375 g/mol. The Morgan fingerprint density at radius 3 is 2.61 bits per heavy atom. The molecule has 0 saturated heterocycles. The number of phenolic OH excluding ortho intramolecular Hbond substituents is 1. The Bertz CT molecular complexity index is 1160. The van der Waals surface area contributed by atoms with Crippen LogP contribution in [0.25, 0.3) is 11.0 Å². The fraction of sp³-hybridized carbons (Fsp3) is 0.304. The lowest BCUT2D eigenvalue weighted by Crippen LogP contribution is -2.35. The molecule has 1 aliphatic carbocycles. The van der Waals surface area contributed by atoms with Crippen LogP contribution in [0.5, 0.6) is 5.75 Å². The van der Waals surface area contributed by atoms with Crippen LogP contribution in [0.15, 0.2) is 45.6 Å². The van der Waals surface area contributed by atoms with Gasteiger partial charge in [-0.25, -0.2) is 4.79 Å². The molecule has 2 heterocycles. The number of anilines is 1. The largest absolute Gasteiger partial charge is 0.507 e. The first-order valence-electron chi connectivity index (χ1n) is 9.85. The molecule has 2 aromatic carbocycles. The standard InChI is InChI=1S/C23H21NO4/c25-19-12-11-16-15-8-2-3-9-17(15)23(27)28-21(16)20(19)22(26)24-13-5-7-14-6-1-4-10-18(14)24/h1,4,6,10-12,25H,2-3,5,7-9,13H2. The Balaban J connectivity index is 1.71. The van der Waals surface area contributed by atoms with Crippen LogP contribution < -0.4 is 10.5 Å². The first-order chi connectivity index (χ1) is 13.6. The molecule has 0 fully saturated rings. The van der Waals surface area contributed by atoms with Gasteiger partial charge in [0, 0.05) is 23.2 Å². The Kier molecular flexibility index (Phi) is 3.97. The number of amides is 1. The quantitative estimate of drug-likeness (QED) is 0.654. The van der Waals surface area contributed by atoms with E-state index in [4.69, 9.17) is 4.42 Å². The predicted molar refractivity (Wildman–Crippen MR) is 107 cm³/mol. The third kappa shape index (κ3) is 2.53. The Morgan fingerprint density at radius 1 is 0.964 bits per heavy atom. The van der Waals surface area contributed by atoms with Gasteiger partial charge in [-0.1, -0.05) is 18.2 Å². The van der Waals surface area contributed by atoms with Crippen molar-refractivity contribution in [1.82, 2.24) is 0 Å². The maximum Gasteiger partial charge on any atom is 0.339 e. The molecule has 0 unspecified atom stereocenters. The van der Waals surface area contributed by atoms with Gasteiger partial charge in [0.05, 0.1) is 0 Å². The van der Waals surface area contributed by atoms with Crippen molar-refractivity contribution in [2.45, 2.75) is 38.5 Å². The summed E-state index contributed by atoms with van der Waals surface area (Å²) in [5.41, 5.74) is 3.55. The molecule has 1 aliphatic heterocycles. The lowest BCUT2D eigenvalue weighted by molar-refractivity contribution is 0.0983. The van der Waals surface area contributed by atoms with E-state index in [2.05, 4.69) is 0 Å². The number of aromatic hydroxyl groups is 1. The Labute approximate surface area is 162 Å². The number of fused-ring (bicyclic) bond motifs is 4. The minimum atomic E-state index is -0.388. The predicted octanol–water partition coefficient (Wildman–Crippen LogP) is 3.97. The van der Waals surface area contributed by atoms with Gasteiger partial charge in [-0.15, -0.1) is 0 Å². The van der Waals surface area contributed by atoms with Crippen LogP contribution in [0.4, 0.5) is 5.69 Å². The minimum Gasteiger partial charge on any atom is -0.507 e. The number of carbonyl (C=O) groups is 1. The van der Waals surface area contributed by atoms with E-state index in [1.807, 2.05) is 24.3 Å². The molecule has 0 saturated carbocycles. The van der Waals surface area contributed by atoms with Crippen molar-refractivity contribution in [1.29, 1.82) is 0 Å². The van der Waals surface area contributed by atoms with Gasteiger partial charge in [0.2, 0.25) is 0 Å². The molecule has 0 atom stereocenters. The van der Waals surface area contributed by atoms with Crippen molar-refractivity contribution in [3.05, 3.63) is 69.1 Å². The normalized spacial score (nSPS) is 15.9.